The maximum absolute atomic E-state index is 14.3. The molecule has 86 heavy (non-hydrogen) atoms. The van der Waals surface area contributed by atoms with Crippen LogP contribution in [0.3, 0.4) is 0 Å². The van der Waals surface area contributed by atoms with Gasteiger partial charge in [-0.3, -0.25) is 33.0 Å². The summed E-state index contributed by atoms with van der Waals surface area (Å²) in [4.78, 5) is 90.0. The molecule has 2 N–H and O–H groups in total. The molecule has 458 valence electrons. The number of aryl methyl sites for hydroxylation is 1. The summed E-state index contributed by atoms with van der Waals surface area (Å²) in [6.45, 7) is 13.9. The number of Topliss-reactive ketones (excluding diaryl/α,β-unsaturated/α-hetero) is 2. The first kappa shape index (κ1) is 63.4. The summed E-state index contributed by atoms with van der Waals surface area (Å²) >= 11 is 0. The molecule has 18 nitrogen and oxygen atoms in total. The Morgan fingerprint density at radius 2 is 1.27 bits per heavy atom. The molecule has 0 spiro atoms. The molecule has 6 atom stereocenters. The number of hydrogen-bond acceptors (Lipinski definition) is 16. The SMILES string of the molecule is CCC(=O)C(CC(C)SSC(C)(C)CCC(=O)N[C@@H](C)C(=O)C[C@H](C)C(=O)Nc1cc(COc2cc3c(cc2C)C(=O)N2c4ccccc4C[C@H]2CN3C)cc(COc2cc3c(cc2OC)C(=O)N2c4ccccc4C[C@H]2CN3C)c1)S(=O)(=O)OC. The molecule has 5 aromatic carbocycles. The van der Waals surface area contributed by atoms with Crippen LogP contribution in [0.4, 0.5) is 28.4 Å². The van der Waals surface area contributed by atoms with Crippen molar-refractivity contribution in [3.63, 3.8) is 0 Å². The van der Waals surface area contributed by atoms with Crippen molar-refractivity contribution in [2.75, 3.05) is 66.3 Å². The van der Waals surface area contributed by atoms with Crippen molar-refractivity contribution in [3.8, 4) is 17.2 Å². The second-order valence-electron chi connectivity index (χ2n) is 23.7. The molecule has 0 aromatic heterocycles. The van der Waals surface area contributed by atoms with E-state index >= 15 is 0 Å². The number of hydrogen-bond donors (Lipinski definition) is 2. The van der Waals surface area contributed by atoms with Gasteiger partial charge in [-0.05, 0) is 124 Å². The average molecular weight is 1230 g/mol. The van der Waals surface area contributed by atoms with Gasteiger partial charge >= 0.3 is 0 Å². The number of ketones is 2. The van der Waals surface area contributed by atoms with Gasteiger partial charge in [-0.25, -0.2) is 0 Å². The van der Waals surface area contributed by atoms with Crippen molar-refractivity contribution in [1.82, 2.24) is 5.32 Å². The zero-order valence-corrected chi connectivity index (χ0v) is 53.3. The number of methoxy groups -OCH3 is 1. The lowest BCUT2D eigenvalue weighted by atomic mass is 9.99. The molecule has 0 fully saturated rings. The number of amides is 4. The third kappa shape index (κ3) is 14.0. The van der Waals surface area contributed by atoms with E-state index < -0.39 is 43.8 Å². The Labute approximate surface area is 512 Å². The van der Waals surface area contributed by atoms with Crippen molar-refractivity contribution in [3.05, 3.63) is 130 Å². The molecule has 4 aliphatic heterocycles. The molecule has 21 heteroatoms. The maximum Gasteiger partial charge on any atom is 0.277 e. The van der Waals surface area contributed by atoms with Crippen molar-refractivity contribution in [2.24, 2.45) is 5.92 Å². The van der Waals surface area contributed by atoms with E-state index in [1.807, 2.05) is 118 Å². The van der Waals surface area contributed by atoms with E-state index in [1.54, 1.807) is 32.9 Å². The van der Waals surface area contributed by atoms with E-state index in [4.69, 9.17) is 14.2 Å². The molecule has 0 saturated carbocycles. The van der Waals surface area contributed by atoms with Gasteiger partial charge in [0.15, 0.2) is 23.1 Å². The summed E-state index contributed by atoms with van der Waals surface area (Å²) < 4.78 is 48.2. The fourth-order valence-corrected chi connectivity index (χ4v) is 15.8. The van der Waals surface area contributed by atoms with Crippen LogP contribution in [0.2, 0.25) is 0 Å². The van der Waals surface area contributed by atoms with Gasteiger partial charge in [0.25, 0.3) is 21.9 Å². The summed E-state index contributed by atoms with van der Waals surface area (Å²) in [6, 6.07) is 28.0. The highest BCUT2D eigenvalue weighted by molar-refractivity contribution is 8.77. The highest BCUT2D eigenvalue weighted by atomic mass is 33.1. The summed E-state index contributed by atoms with van der Waals surface area (Å²) in [7, 11) is 5.45. The number of rotatable bonds is 25. The minimum absolute atomic E-state index is 0.0177. The first-order chi connectivity index (χ1) is 40.9. The Morgan fingerprint density at radius 1 is 0.721 bits per heavy atom. The topological polar surface area (TPSA) is 210 Å². The van der Waals surface area contributed by atoms with Gasteiger partial charge in [0.2, 0.25) is 11.8 Å². The Morgan fingerprint density at radius 3 is 1.83 bits per heavy atom. The Balaban J connectivity index is 0.879. The smallest absolute Gasteiger partial charge is 0.277 e. The first-order valence-electron chi connectivity index (χ1n) is 29.2. The van der Waals surface area contributed by atoms with Crippen LogP contribution in [-0.2, 0) is 59.5 Å². The van der Waals surface area contributed by atoms with Crippen molar-refractivity contribution < 1.29 is 55.6 Å². The number of carbonyl (C=O) groups excluding carboxylic acids is 6. The van der Waals surface area contributed by atoms with E-state index in [0.717, 1.165) is 53.7 Å². The summed E-state index contributed by atoms with van der Waals surface area (Å²) in [5, 5.41) is 4.36. The number of para-hydroxylation sites is 2. The molecule has 9 rings (SSSR count). The predicted molar refractivity (Wildman–Crippen MR) is 340 cm³/mol. The largest absolute Gasteiger partial charge is 0.493 e. The number of anilines is 5. The van der Waals surface area contributed by atoms with Crippen LogP contribution in [0.15, 0.2) is 91.0 Å². The molecular formula is C65H78N6O12S3. The Kier molecular flexibility index (Phi) is 19.5. The molecular weight excluding hydrogens is 1150 g/mol. The molecule has 0 saturated heterocycles. The zero-order valence-electron chi connectivity index (χ0n) is 50.8. The molecule has 4 amide bonds. The van der Waals surface area contributed by atoms with Crippen LogP contribution in [0.1, 0.15) is 122 Å². The monoisotopic (exact) mass is 1230 g/mol. The normalized spacial score (nSPS) is 17.6. The van der Waals surface area contributed by atoms with Crippen molar-refractivity contribution in [1.29, 1.82) is 0 Å². The minimum Gasteiger partial charge on any atom is -0.493 e. The van der Waals surface area contributed by atoms with Gasteiger partial charge in [0.1, 0.15) is 24.2 Å². The number of fused-ring (bicyclic) bond motifs is 8. The highest BCUT2D eigenvalue weighted by Gasteiger charge is 2.41. The number of likely N-dealkylation sites (N-methyl/N-ethyl adjacent to an activating group) is 2. The molecule has 4 heterocycles. The zero-order chi connectivity index (χ0) is 61.9. The molecule has 5 aromatic rings. The molecule has 4 aliphatic rings. The molecule has 2 unspecified atom stereocenters. The third-order valence-electron chi connectivity index (χ3n) is 16.6. The van der Waals surface area contributed by atoms with E-state index in [0.29, 0.717) is 70.4 Å². The lowest BCUT2D eigenvalue weighted by Gasteiger charge is -2.26. The van der Waals surface area contributed by atoms with E-state index in [-0.39, 0.29) is 79.7 Å². The van der Waals surface area contributed by atoms with Crippen LogP contribution in [0.25, 0.3) is 0 Å². The number of ether oxygens (including phenoxy) is 3. The molecule has 0 aliphatic carbocycles. The predicted octanol–water partition coefficient (Wildman–Crippen LogP) is 10.3. The van der Waals surface area contributed by atoms with Gasteiger partial charge < -0.3 is 44.4 Å². The van der Waals surface area contributed by atoms with Crippen LogP contribution in [-0.4, -0.2) is 118 Å². The van der Waals surface area contributed by atoms with Gasteiger partial charge in [-0.15, -0.1) is 0 Å². The maximum atomic E-state index is 14.3. The fraction of sp³-hybridized carbons (Fsp3) is 0.446. The number of nitrogens with zero attached hydrogens (tertiary/aromatic N) is 4. The second kappa shape index (κ2) is 26.5. The second-order valence-corrected chi connectivity index (χ2v) is 28.9. The van der Waals surface area contributed by atoms with E-state index in [9.17, 15) is 37.2 Å². The fourth-order valence-electron chi connectivity index (χ4n) is 11.8. The Bertz CT molecular complexity index is 3560. The van der Waals surface area contributed by atoms with E-state index in [2.05, 4.69) is 36.7 Å². The summed E-state index contributed by atoms with van der Waals surface area (Å²) in [5.41, 5.74) is 9.27. The number of benzene rings is 5. The molecule has 0 radical (unpaired) electrons. The standard InChI is InChI=1S/C65H78N6O12S3/c1-12-55(72)60(86(78,79)81-11)25-40(4)84-85-65(6,7)22-21-61(74)66-41(5)56(73)24-39(3)62(75)67-46-27-42(36-82-57-32-53-49(23-38(57)2)63(76)70-47(34-68(53)8)29-44-17-13-15-19-51(44)70)26-43(28-46)37-83-59-33-54-50(31-58(59)80-10)64(77)71-48(35-69(54)9)30-45-18-14-16-20-52(45)71/h13-20,23,26-28,31-33,39-41,47-48,60H,12,21-22,24-25,29-30,34-37H2,1-11H3,(H,66,74)(H,67,75)/t39-,40?,41-,47-,48-,60?/m0/s1. The number of nitrogens with one attached hydrogen (secondary N) is 2. The van der Waals surface area contributed by atoms with E-state index in [1.165, 1.54) is 28.7 Å². The van der Waals surface area contributed by atoms with Gasteiger partial charge in [-0.1, -0.05) is 78.8 Å². The van der Waals surface area contributed by atoms with Gasteiger partial charge in [0.05, 0.1) is 54.8 Å². The van der Waals surface area contributed by atoms with Crippen molar-refractivity contribution >= 4 is 95.3 Å². The highest BCUT2D eigenvalue weighted by Crippen LogP contribution is 2.45. The van der Waals surface area contributed by atoms with Gasteiger partial charge in [-0.2, -0.15) is 8.42 Å². The van der Waals surface area contributed by atoms with Crippen molar-refractivity contribution in [2.45, 2.75) is 140 Å². The quantitative estimate of drug-likeness (QED) is 0.0411. The van der Waals surface area contributed by atoms with Gasteiger partial charge in [0, 0.05) is 91.6 Å². The third-order valence-corrected chi connectivity index (χ3v) is 22.1. The number of carbonyl (C=O) groups is 6. The van der Waals surface area contributed by atoms with Crippen LogP contribution in [0.5, 0.6) is 17.2 Å². The lowest BCUT2D eigenvalue weighted by molar-refractivity contribution is -0.129. The molecule has 0 bridgehead atoms. The van der Waals surface area contributed by atoms with Crippen LogP contribution < -0.4 is 44.4 Å². The van der Waals surface area contributed by atoms with Crippen LogP contribution in [0, 0.1) is 12.8 Å². The summed E-state index contributed by atoms with van der Waals surface area (Å²) in [6.07, 6.45) is 2.09. The van der Waals surface area contributed by atoms with Crippen LogP contribution >= 0.6 is 21.6 Å². The average Bonchev–Trinajstić information content (AvgIpc) is 1.75. The minimum atomic E-state index is -4.04. The summed E-state index contributed by atoms with van der Waals surface area (Å²) in [5.74, 6) is -1.05. The lowest BCUT2D eigenvalue weighted by Crippen LogP contribution is -2.41. The Hall–Kier alpha value is -7.07. The first-order valence-corrected chi connectivity index (χ1v) is 32.9.